The van der Waals surface area contributed by atoms with Gasteiger partial charge < -0.3 is 43.7 Å². The van der Waals surface area contributed by atoms with Gasteiger partial charge in [0.2, 0.25) is 5.82 Å². The number of alkyl halides is 6. The minimum atomic E-state index is -5.00. The maximum absolute atomic E-state index is 15.6. The van der Waals surface area contributed by atoms with Crippen LogP contribution in [-0.4, -0.2) is 148 Å². The molecule has 2 aliphatic rings. The third-order valence-corrected chi connectivity index (χ3v) is 10.9. The molecule has 1 aliphatic heterocycles. The van der Waals surface area contributed by atoms with Gasteiger partial charge >= 0.3 is 12.4 Å². The van der Waals surface area contributed by atoms with Crippen molar-refractivity contribution in [2.45, 2.75) is 50.1 Å². The maximum atomic E-state index is 15.6. The number of carbonyl (C=O) groups excluding carboxylic acids is 2. The van der Waals surface area contributed by atoms with Crippen LogP contribution in [0.3, 0.4) is 0 Å². The molecule has 364 valence electrons. The lowest BCUT2D eigenvalue weighted by atomic mass is 9.88. The number of aromatic nitrogens is 2. The summed E-state index contributed by atoms with van der Waals surface area (Å²) in [5.41, 5.74) is -7.10. The molecule has 15 nitrogen and oxygen atoms in total. The summed E-state index contributed by atoms with van der Waals surface area (Å²) in [6, 6.07) is 4.49. The second-order valence-electron chi connectivity index (χ2n) is 15.3. The van der Waals surface area contributed by atoms with E-state index in [1.807, 2.05) is 7.05 Å². The molecule has 2 heterocycles. The number of aliphatic hydroxyl groups is 1. The molecule has 2 N–H and O–H groups in total. The summed E-state index contributed by atoms with van der Waals surface area (Å²) in [5, 5.41) is 16.1. The zero-order valence-electron chi connectivity index (χ0n) is 36.5. The van der Waals surface area contributed by atoms with Crippen molar-refractivity contribution in [1.82, 2.24) is 24.9 Å². The van der Waals surface area contributed by atoms with E-state index < -0.39 is 93.2 Å². The number of nitrogens with one attached hydrogen (secondary N) is 1. The highest BCUT2D eigenvalue weighted by molar-refractivity contribution is 6.24. The Hall–Kier alpha value is -5.04. The molecule has 2 aromatic carbocycles. The largest absolute Gasteiger partial charge is 0.509 e. The molecule has 1 aromatic heterocycles. The van der Waals surface area contributed by atoms with Crippen molar-refractivity contribution < 1.29 is 78.2 Å². The van der Waals surface area contributed by atoms with E-state index in [1.54, 1.807) is 7.11 Å². The van der Waals surface area contributed by atoms with E-state index >= 15 is 8.78 Å². The molecule has 1 saturated carbocycles. The van der Waals surface area contributed by atoms with Gasteiger partial charge in [0, 0.05) is 38.4 Å². The van der Waals surface area contributed by atoms with E-state index in [0.29, 0.717) is 77.0 Å². The first kappa shape index (κ1) is 51.9. The fourth-order valence-corrected chi connectivity index (χ4v) is 7.29. The Labute approximate surface area is 375 Å². The van der Waals surface area contributed by atoms with Gasteiger partial charge in [-0.25, -0.2) is 19.4 Å². The molecule has 5 rings (SSSR count). The van der Waals surface area contributed by atoms with Crippen LogP contribution in [0.25, 0.3) is 11.3 Å². The smallest absolute Gasteiger partial charge is 0.433 e. The Morgan fingerprint density at radius 1 is 0.818 bits per heavy atom. The Bertz CT molecular complexity index is 2140. The van der Waals surface area contributed by atoms with Crippen molar-refractivity contribution in [3.8, 4) is 17.0 Å². The van der Waals surface area contributed by atoms with Gasteiger partial charge in [-0.3, -0.25) is 14.6 Å². The molecular weight excluding hydrogens is 896 g/mol. The van der Waals surface area contributed by atoms with Crippen LogP contribution in [0, 0.1) is 11.6 Å². The van der Waals surface area contributed by atoms with Crippen molar-refractivity contribution >= 4 is 17.5 Å². The summed E-state index contributed by atoms with van der Waals surface area (Å²) in [4.78, 5) is 37.0. The highest BCUT2D eigenvalue weighted by Gasteiger charge is 2.53. The minimum Gasteiger partial charge on any atom is -0.509 e. The number of anilines is 1. The number of ether oxygens (including phenoxy) is 6. The second kappa shape index (κ2) is 23.6. The monoisotopic (exact) mass is 948 g/mol. The molecule has 66 heavy (non-hydrogen) atoms. The standard InChI is InChI=1S/C43H52F8N6O9/c1-55(12-14-61-3)13-15-62-16-17-63-18-19-64-20-21-65-22-23-66-33-9-6-28(36(44)37(33)45)26-57-40(60)35(38(58)41(56(57)2)10-4-5-11-41)39(59)54-31-8-7-29(42(46,47)48)24-30(31)32-25-34(43(49,50)51)53-27-52-32/h6-9,24-25,27,58H,4-5,10-23,26H2,1-3H3,(H,54,59). The molecule has 0 bridgehead atoms. The number of amides is 2. The molecule has 23 heteroatoms. The normalized spacial score (nSPS) is 15.7. The van der Waals surface area contributed by atoms with E-state index in [2.05, 4.69) is 20.2 Å². The fourth-order valence-electron chi connectivity index (χ4n) is 7.29. The number of methoxy groups -OCH3 is 1. The molecule has 0 unspecified atom stereocenters. The Kier molecular flexibility index (Phi) is 18.6. The van der Waals surface area contributed by atoms with Crippen molar-refractivity contribution in [3.05, 3.63) is 82.5 Å². The number of likely N-dealkylation sites (N-methyl/N-ethyl adjacent to an activating group) is 2. The van der Waals surface area contributed by atoms with Crippen molar-refractivity contribution in [3.63, 3.8) is 0 Å². The lowest BCUT2D eigenvalue weighted by Crippen LogP contribution is -2.62. The predicted octanol–water partition coefficient (Wildman–Crippen LogP) is 6.44. The summed E-state index contributed by atoms with van der Waals surface area (Å²) in [5.74, 6) is -6.39. The number of rotatable bonds is 24. The van der Waals surface area contributed by atoms with Crippen LogP contribution in [0.1, 0.15) is 42.5 Å². The average molecular weight is 949 g/mol. The second-order valence-corrected chi connectivity index (χ2v) is 15.3. The number of carbonyl (C=O) groups is 2. The van der Waals surface area contributed by atoms with Gasteiger partial charge in [0.05, 0.1) is 88.5 Å². The van der Waals surface area contributed by atoms with E-state index in [0.717, 1.165) is 30.2 Å². The van der Waals surface area contributed by atoms with Gasteiger partial charge in [-0.05, 0) is 50.2 Å². The summed E-state index contributed by atoms with van der Waals surface area (Å²) < 4.78 is 145. The summed E-state index contributed by atoms with van der Waals surface area (Å²) in [6.07, 6.45) is -8.01. The van der Waals surface area contributed by atoms with Gasteiger partial charge in [-0.2, -0.15) is 30.7 Å². The fraction of sp³-hybridized carbons (Fsp3) is 0.535. The van der Waals surface area contributed by atoms with Crippen molar-refractivity contribution in [1.29, 1.82) is 0 Å². The van der Waals surface area contributed by atoms with Crippen LogP contribution in [0.5, 0.6) is 5.75 Å². The molecule has 2 amide bonds. The number of nitrogens with zero attached hydrogens (tertiary/aromatic N) is 5. The molecule has 0 radical (unpaired) electrons. The van der Waals surface area contributed by atoms with Crippen LogP contribution in [0.2, 0.25) is 0 Å². The van der Waals surface area contributed by atoms with E-state index in [1.165, 1.54) is 18.1 Å². The number of halogens is 8. The first-order valence-corrected chi connectivity index (χ1v) is 20.9. The zero-order chi connectivity index (χ0) is 48.1. The van der Waals surface area contributed by atoms with E-state index in [4.69, 9.17) is 28.4 Å². The average Bonchev–Trinajstić information content (AvgIpc) is 3.78. The molecule has 0 saturated heterocycles. The van der Waals surface area contributed by atoms with Gasteiger partial charge in [-0.15, -0.1) is 0 Å². The van der Waals surface area contributed by atoms with Gasteiger partial charge in [0.25, 0.3) is 11.8 Å². The summed E-state index contributed by atoms with van der Waals surface area (Å²) >= 11 is 0. The third-order valence-electron chi connectivity index (χ3n) is 10.9. The number of aliphatic hydroxyl groups excluding tert-OH is 1. The molecule has 1 aliphatic carbocycles. The highest BCUT2D eigenvalue weighted by Crippen LogP contribution is 2.45. The lowest BCUT2D eigenvalue weighted by molar-refractivity contribution is -0.163. The quantitative estimate of drug-likeness (QED) is 0.0576. The van der Waals surface area contributed by atoms with Gasteiger partial charge in [-0.1, -0.05) is 18.9 Å². The predicted molar refractivity (Wildman–Crippen MR) is 220 cm³/mol. The molecular formula is C43H52F8N6O9. The molecule has 0 atom stereocenters. The minimum absolute atomic E-state index is 0.0120. The highest BCUT2D eigenvalue weighted by atomic mass is 19.4. The van der Waals surface area contributed by atoms with Crippen LogP contribution in [0.15, 0.2) is 54.1 Å². The molecule has 1 spiro atoms. The van der Waals surface area contributed by atoms with Gasteiger partial charge in [0.1, 0.15) is 30.0 Å². The number of hydrogen-bond acceptors (Lipinski definition) is 13. The maximum Gasteiger partial charge on any atom is 0.433 e. The van der Waals surface area contributed by atoms with E-state index in [9.17, 15) is 41.0 Å². The first-order chi connectivity index (χ1) is 31.4. The van der Waals surface area contributed by atoms with Crippen LogP contribution >= 0.6 is 0 Å². The Balaban J connectivity index is 1.17. The topological polar surface area (TPSA) is 157 Å². The number of hydrogen-bond donors (Lipinski definition) is 2. The Morgan fingerprint density at radius 2 is 1.42 bits per heavy atom. The molecule has 1 fully saturated rings. The van der Waals surface area contributed by atoms with Crippen LogP contribution < -0.4 is 10.1 Å². The lowest BCUT2D eigenvalue weighted by Gasteiger charge is -2.48. The Morgan fingerprint density at radius 3 is 2.03 bits per heavy atom. The number of benzene rings is 2. The van der Waals surface area contributed by atoms with Crippen molar-refractivity contribution in [2.24, 2.45) is 0 Å². The van der Waals surface area contributed by atoms with Crippen LogP contribution in [-0.2, 0) is 52.2 Å². The third kappa shape index (κ3) is 13.3. The van der Waals surface area contributed by atoms with E-state index in [-0.39, 0.29) is 44.8 Å². The molecule has 3 aromatic rings. The SMILES string of the molecule is COCCN(C)CCOCCOCCOCCOCCOc1ccc(CN2C(=O)C(C(=O)Nc3ccc(C(F)(F)F)cc3-c3cc(C(F)(F)F)ncn3)=C(O)C3(CCCC3)N2C)c(F)c1F. The summed E-state index contributed by atoms with van der Waals surface area (Å²) in [7, 11) is 5.05. The number of hydrazine groups is 1. The van der Waals surface area contributed by atoms with Crippen LogP contribution in [0.4, 0.5) is 40.8 Å². The van der Waals surface area contributed by atoms with Gasteiger partial charge in [0.15, 0.2) is 11.6 Å². The zero-order valence-corrected chi connectivity index (χ0v) is 36.5. The summed E-state index contributed by atoms with van der Waals surface area (Å²) in [6.45, 7) is 4.04. The van der Waals surface area contributed by atoms with Crippen molar-refractivity contribution in [2.75, 3.05) is 106 Å². The first-order valence-electron chi connectivity index (χ1n) is 20.9.